The third-order valence-corrected chi connectivity index (χ3v) is 6.88. The molecule has 0 saturated heterocycles. The number of halogens is 3. The van der Waals surface area contributed by atoms with Crippen LogP contribution in [0.5, 0.6) is 0 Å². The van der Waals surface area contributed by atoms with E-state index in [0.717, 1.165) is 6.26 Å². The molecule has 1 N–H and O–H groups in total. The molecule has 1 heterocycles. The van der Waals surface area contributed by atoms with E-state index in [0.29, 0.717) is 43.1 Å². The number of aromatic nitrogens is 1. The van der Waals surface area contributed by atoms with E-state index in [4.69, 9.17) is 34.8 Å². The van der Waals surface area contributed by atoms with E-state index in [1.165, 1.54) is 18.2 Å². The summed E-state index contributed by atoms with van der Waals surface area (Å²) in [6, 6.07) is 19.6. The summed E-state index contributed by atoms with van der Waals surface area (Å²) in [5.74, 6) is -0.444. The predicted molar refractivity (Wildman–Crippen MR) is 138 cm³/mol. The molecule has 1 aromatic heterocycles. The van der Waals surface area contributed by atoms with Crippen LogP contribution < -0.4 is 5.32 Å². The fraction of sp³-hybridized carbons (Fsp3) is 0.0400. The normalized spacial score (nSPS) is 11.3. The molecule has 0 bridgehead atoms. The first kappa shape index (κ1) is 24.2. The number of anilines is 1. The van der Waals surface area contributed by atoms with E-state index in [-0.39, 0.29) is 10.5 Å². The van der Waals surface area contributed by atoms with Gasteiger partial charge in [0.2, 0.25) is 0 Å². The van der Waals surface area contributed by atoms with Crippen molar-refractivity contribution in [1.29, 1.82) is 0 Å². The quantitative estimate of drug-likeness (QED) is 0.300. The fourth-order valence-corrected chi connectivity index (χ4v) is 4.81. The summed E-state index contributed by atoms with van der Waals surface area (Å²) in [6.07, 6.45) is 2.76. The van der Waals surface area contributed by atoms with Gasteiger partial charge in [0.05, 0.1) is 15.6 Å². The number of hydrogen-bond donors (Lipinski definition) is 1. The van der Waals surface area contributed by atoms with Gasteiger partial charge >= 0.3 is 0 Å². The molecule has 4 rings (SSSR count). The van der Waals surface area contributed by atoms with Crippen LogP contribution in [0.3, 0.4) is 0 Å². The summed E-state index contributed by atoms with van der Waals surface area (Å²) in [7, 11) is -3.52. The Morgan fingerprint density at radius 3 is 2.24 bits per heavy atom. The molecule has 172 valence electrons. The van der Waals surface area contributed by atoms with Crippen LogP contribution in [0, 0.1) is 0 Å². The number of nitrogens with one attached hydrogen (secondary N) is 1. The molecule has 1 amide bonds. The van der Waals surface area contributed by atoms with Crippen molar-refractivity contribution in [3.8, 4) is 22.4 Å². The lowest BCUT2D eigenvalue weighted by molar-refractivity contribution is 0.102. The molecule has 0 unspecified atom stereocenters. The zero-order valence-corrected chi connectivity index (χ0v) is 20.8. The Labute approximate surface area is 212 Å². The molecule has 0 spiro atoms. The van der Waals surface area contributed by atoms with Crippen molar-refractivity contribution in [2.45, 2.75) is 4.90 Å². The fourth-order valence-electron chi connectivity index (χ4n) is 3.42. The standard InChI is InChI=1S/C25H17Cl3N2O3S/c1-34(32,33)19-6-7-20(21(14-19)15-10-16(26)12-17(27)11-15)25(31)30-18-5-8-23(28)22(13-18)24-4-2-3-9-29-24/h2-14H,1H3,(H,30,31). The number of hydrogen-bond acceptors (Lipinski definition) is 4. The van der Waals surface area contributed by atoms with Gasteiger partial charge in [-0.05, 0) is 77.9 Å². The lowest BCUT2D eigenvalue weighted by Gasteiger charge is -2.14. The number of rotatable bonds is 5. The van der Waals surface area contributed by atoms with Crippen LogP contribution >= 0.6 is 34.8 Å². The van der Waals surface area contributed by atoms with Crippen LogP contribution in [0.2, 0.25) is 15.1 Å². The molecule has 9 heteroatoms. The summed E-state index contributed by atoms with van der Waals surface area (Å²) in [6.45, 7) is 0. The molecule has 3 aromatic carbocycles. The number of sulfone groups is 1. The SMILES string of the molecule is CS(=O)(=O)c1ccc(C(=O)Nc2ccc(Cl)c(-c3ccccn3)c2)c(-c2cc(Cl)cc(Cl)c2)c1. The van der Waals surface area contributed by atoms with Gasteiger partial charge in [-0.3, -0.25) is 9.78 Å². The van der Waals surface area contributed by atoms with Crippen LogP contribution in [-0.2, 0) is 9.84 Å². The summed E-state index contributed by atoms with van der Waals surface area (Å²) in [5, 5.41) is 4.06. The Morgan fingerprint density at radius 2 is 1.59 bits per heavy atom. The molecular weight excluding hydrogens is 515 g/mol. The molecule has 0 aliphatic carbocycles. The topological polar surface area (TPSA) is 76.1 Å². The average molecular weight is 532 g/mol. The number of pyridine rings is 1. The maximum absolute atomic E-state index is 13.3. The summed E-state index contributed by atoms with van der Waals surface area (Å²) in [5.41, 5.74) is 2.96. The summed E-state index contributed by atoms with van der Waals surface area (Å²) >= 11 is 18.7. The average Bonchev–Trinajstić information content (AvgIpc) is 2.79. The number of carbonyl (C=O) groups excluding carboxylic acids is 1. The largest absolute Gasteiger partial charge is 0.322 e. The van der Waals surface area contributed by atoms with Crippen LogP contribution in [0.25, 0.3) is 22.4 Å². The van der Waals surface area contributed by atoms with Crippen molar-refractivity contribution in [2.24, 2.45) is 0 Å². The zero-order chi connectivity index (χ0) is 24.5. The molecule has 34 heavy (non-hydrogen) atoms. The number of benzene rings is 3. The van der Waals surface area contributed by atoms with Gasteiger partial charge in [0.1, 0.15) is 0 Å². The molecule has 5 nitrogen and oxygen atoms in total. The van der Waals surface area contributed by atoms with Crippen molar-refractivity contribution in [3.63, 3.8) is 0 Å². The smallest absolute Gasteiger partial charge is 0.256 e. The van der Waals surface area contributed by atoms with Gasteiger partial charge in [-0.2, -0.15) is 0 Å². The van der Waals surface area contributed by atoms with Gasteiger partial charge < -0.3 is 5.32 Å². The zero-order valence-electron chi connectivity index (χ0n) is 17.7. The second-order valence-corrected chi connectivity index (χ2v) is 10.8. The maximum Gasteiger partial charge on any atom is 0.256 e. The van der Waals surface area contributed by atoms with E-state index in [1.807, 2.05) is 12.1 Å². The van der Waals surface area contributed by atoms with Crippen LogP contribution in [0.1, 0.15) is 10.4 Å². The summed E-state index contributed by atoms with van der Waals surface area (Å²) < 4.78 is 24.3. The Morgan fingerprint density at radius 1 is 0.853 bits per heavy atom. The lowest BCUT2D eigenvalue weighted by atomic mass is 9.99. The minimum Gasteiger partial charge on any atom is -0.322 e. The van der Waals surface area contributed by atoms with E-state index in [2.05, 4.69) is 10.3 Å². The second-order valence-electron chi connectivity index (χ2n) is 7.50. The summed E-state index contributed by atoms with van der Waals surface area (Å²) in [4.78, 5) is 17.7. The lowest BCUT2D eigenvalue weighted by Crippen LogP contribution is -2.14. The molecule has 0 aliphatic rings. The van der Waals surface area contributed by atoms with Gasteiger partial charge in [0, 0.05) is 39.3 Å². The molecule has 0 saturated carbocycles. The van der Waals surface area contributed by atoms with Gasteiger partial charge in [0.15, 0.2) is 9.84 Å². The molecule has 0 fully saturated rings. The van der Waals surface area contributed by atoms with Gasteiger partial charge in [0.25, 0.3) is 5.91 Å². The molecule has 0 aliphatic heterocycles. The third kappa shape index (κ3) is 5.42. The third-order valence-electron chi connectivity index (χ3n) is 5.00. The van der Waals surface area contributed by atoms with Gasteiger partial charge in [-0.15, -0.1) is 0 Å². The monoisotopic (exact) mass is 530 g/mol. The molecule has 0 atom stereocenters. The van der Waals surface area contributed by atoms with E-state index in [1.54, 1.807) is 48.7 Å². The highest BCUT2D eigenvalue weighted by molar-refractivity contribution is 7.90. The highest BCUT2D eigenvalue weighted by Gasteiger charge is 2.19. The predicted octanol–water partition coefficient (Wildman–Crippen LogP) is 7.03. The minimum atomic E-state index is -3.52. The van der Waals surface area contributed by atoms with E-state index >= 15 is 0 Å². The Bertz CT molecular complexity index is 1490. The Balaban J connectivity index is 1.77. The van der Waals surface area contributed by atoms with Crippen LogP contribution in [-0.4, -0.2) is 25.6 Å². The first-order valence-corrected chi connectivity index (χ1v) is 13.0. The Hall–Kier alpha value is -2.90. The van der Waals surface area contributed by atoms with Crippen LogP contribution in [0.4, 0.5) is 5.69 Å². The van der Waals surface area contributed by atoms with Gasteiger partial charge in [-0.1, -0.05) is 40.9 Å². The Kier molecular flexibility index (Phi) is 6.96. The first-order valence-electron chi connectivity index (χ1n) is 9.95. The molecular formula is C25H17Cl3N2O3S. The number of nitrogens with zero attached hydrogens (tertiary/aromatic N) is 1. The van der Waals surface area contributed by atoms with Crippen molar-refractivity contribution in [3.05, 3.63) is 99.6 Å². The first-order chi connectivity index (χ1) is 16.1. The molecule has 0 radical (unpaired) electrons. The van der Waals surface area contributed by atoms with Crippen molar-refractivity contribution < 1.29 is 13.2 Å². The van der Waals surface area contributed by atoms with Crippen molar-refractivity contribution >= 4 is 56.2 Å². The second kappa shape index (κ2) is 9.76. The minimum absolute atomic E-state index is 0.0686. The number of amides is 1. The number of carbonyl (C=O) groups is 1. The van der Waals surface area contributed by atoms with Crippen molar-refractivity contribution in [1.82, 2.24) is 4.98 Å². The van der Waals surface area contributed by atoms with Crippen molar-refractivity contribution in [2.75, 3.05) is 11.6 Å². The highest BCUT2D eigenvalue weighted by atomic mass is 35.5. The van der Waals surface area contributed by atoms with Crippen LogP contribution in [0.15, 0.2) is 83.9 Å². The van der Waals surface area contributed by atoms with Gasteiger partial charge in [-0.25, -0.2) is 8.42 Å². The van der Waals surface area contributed by atoms with E-state index in [9.17, 15) is 13.2 Å². The van der Waals surface area contributed by atoms with E-state index < -0.39 is 15.7 Å². The maximum atomic E-state index is 13.3. The molecule has 4 aromatic rings. The highest BCUT2D eigenvalue weighted by Crippen LogP contribution is 2.33.